The Kier molecular flexibility index (Phi) is 4.44. The van der Waals surface area contributed by atoms with Crippen molar-refractivity contribution < 1.29 is 14.2 Å². The molecule has 0 aliphatic carbocycles. The lowest BCUT2D eigenvalue weighted by Gasteiger charge is -2.08. The normalized spacial score (nSPS) is 21.7. The van der Waals surface area contributed by atoms with Crippen LogP contribution in [0.5, 0.6) is 11.5 Å². The summed E-state index contributed by atoms with van der Waals surface area (Å²) in [6.07, 6.45) is 1.22. The van der Waals surface area contributed by atoms with Crippen LogP contribution >= 0.6 is 11.8 Å². The van der Waals surface area contributed by atoms with E-state index in [9.17, 15) is 0 Å². The van der Waals surface area contributed by atoms with Crippen molar-refractivity contribution in [1.29, 1.82) is 0 Å². The molecule has 120 valence electrons. The van der Waals surface area contributed by atoms with Gasteiger partial charge >= 0.3 is 0 Å². The second-order valence-corrected chi connectivity index (χ2v) is 7.33. The van der Waals surface area contributed by atoms with E-state index in [0.29, 0.717) is 18.0 Å². The fraction of sp³-hybridized carbons (Fsp3) is 0.368. The number of epoxide rings is 1. The van der Waals surface area contributed by atoms with Crippen LogP contribution in [-0.4, -0.2) is 36.9 Å². The summed E-state index contributed by atoms with van der Waals surface area (Å²) in [6, 6.07) is 16.7. The molecule has 0 aromatic heterocycles. The zero-order chi connectivity index (χ0) is 15.5. The van der Waals surface area contributed by atoms with Crippen molar-refractivity contribution in [2.45, 2.75) is 17.8 Å². The van der Waals surface area contributed by atoms with Gasteiger partial charge in [0.1, 0.15) is 30.8 Å². The number of benzene rings is 2. The number of hydrogen-bond acceptors (Lipinski definition) is 4. The van der Waals surface area contributed by atoms with E-state index in [1.54, 1.807) is 0 Å². The zero-order valence-corrected chi connectivity index (χ0v) is 13.8. The average Bonchev–Trinajstić information content (AvgIpc) is 3.48. The first-order valence-electron chi connectivity index (χ1n) is 8.02. The first kappa shape index (κ1) is 14.9. The third-order valence-corrected chi connectivity index (χ3v) is 4.87. The zero-order valence-electron chi connectivity index (χ0n) is 12.9. The molecule has 0 N–H and O–H groups in total. The van der Waals surface area contributed by atoms with Crippen LogP contribution in [0.4, 0.5) is 0 Å². The lowest BCUT2D eigenvalue weighted by molar-refractivity contribution is 0.263. The van der Waals surface area contributed by atoms with Crippen LogP contribution in [0.25, 0.3) is 0 Å². The fourth-order valence-electron chi connectivity index (χ4n) is 2.35. The fourth-order valence-corrected chi connectivity index (χ4v) is 2.75. The lowest BCUT2D eigenvalue weighted by atomic mass is 10.0. The summed E-state index contributed by atoms with van der Waals surface area (Å²) < 4.78 is 16.6. The van der Waals surface area contributed by atoms with E-state index in [-0.39, 0.29) is 0 Å². The Morgan fingerprint density at radius 2 is 1.39 bits per heavy atom. The minimum atomic E-state index is 0.300. The smallest absolute Gasteiger partial charge is 0.119 e. The van der Waals surface area contributed by atoms with Crippen molar-refractivity contribution in [3.8, 4) is 11.5 Å². The SMILES string of the molecule is c1cc(OCC2CO2)ccc1Cc1ccc(OCC2CS2)cc1. The number of thioether (sulfide) groups is 1. The highest BCUT2D eigenvalue weighted by molar-refractivity contribution is 8.06. The van der Waals surface area contributed by atoms with E-state index < -0.39 is 0 Å². The molecule has 3 nitrogen and oxygen atoms in total. The summed E-state index contributed by atoms with van der Waals surface area (Å²) in [7, 11) is 0. The quantitative estimate of drug-likeness (QED) is 0.694. The van der Waals surface area contributed by atoms with Gasteiger partial charge in [-0.1, -0.05) is 24.3 Å². The number of hydrogen-bond donors (Lipinski definition) is 0. The third-order valence-electron chi connectivity index (χ3n) is 3.93. The molecule has 2 aliphatic rings. The summed E-state index contributed by atoms with van der Waals surface area (Å²) in [6.45, 7) is 2.31. The Balaban J connectivity index is 1.29. The molecule has 0 saturated carbocycles. The van der Waals surface area contributed by atoms with Gasteiger partial charge in [-0.15, -0.1) is 0 Å². The van der Waals surface area contributed by atoms with E-state index in [0.717, 1.165) is 31.1 Å². The third kappa shape index (κ3) is 4.66. The maximum atomic E-state index is 5.75. The van der Waals surface area contributed by atoms with Gasteiger partial charge in [0, 0.05) is 11.0 Å². The molecule has 2 aliphatic heterocycles. The highest BCUT2D eigenvalue weighted by atomic mass is 32.2. The van der Waals surface area contributed by atoms with Gasteiger partial charge in [-0.05, 0) is 41.8 Å². The number of ether oxygens (including phenoxy) is 3. The van der Waals surface area contributed by atoms with E-state index in [1.807, 2.05) is 23.9 Å². The Morgan fingerprint density at radius 1 is 0.870 bits per heavy atom. The van der Waals surface area contributed by atoms with Crippen molar-refractivity contribution in [3.63, 3.8) is 0 Å². The van der Waals surface area contributed by atoms with Gasteiger partial charge in [0.2, 0.25) is 0 Å². The minimum absolute atomic E-state index is 0.300. The molecule has 2 fully saturated rings. The molecule has 0 bridgehead atoms. The highest BCUT2D eigenvalue weighted by Gasteiger charge is 2.23. The summed E-state index contributed by atoms with van der Waals surface area (Å²) in [5.41, 5.74) is 2.57. The largest absolute Gasteiger partial charge is 0.492 e. The second-order valence-electron chi connectivity index (χ2n) is 6.00. The topological polar surface area (TPSA) is 31.0 Å². The average molecular weight is 328 g/mol. The molecule has 2 saturated heterocycles. The van der Waals surface area contributed by atoms with E-state index in [2.05, 4.69) is 36.4 Å². The van der Waals surface area contributed by atoms with Crippen molar-refractivity contribution in [2.24, 2.45) is 0 Å². The predicted molar refractivity (Wildman–Crippen MR) is 92.7 cm³/mol. The van der Waals surface area contributed by atoms with Crippen LogP contribution in [0.1, 0.15) is 11.1 Å². The summed E-state index contributed by atoms with van der Waals surface area (Å²) in [5.74, 6) is 3.11. The lowest BCUT2D eigenvalue weighted by Crippen LogP contribution is -2.04. The van der Waals surface area contributed by atoms with Crippen LogP contribution in [-0.2, 0) is 11.2 Å². The van der Waals surface area contributed by atoms with Crippen molar-refractivity contribution in [1.82, 2.24) is 0 Å². The molecule has 0 amide bonds. The predicted octanol–water partition coefficient (Wildman–Crippen LogP) is 3.55. The Morgan fingerprint density at radius 3 is 1.87 bits per heavy atom. The molecule has 23 heavy (non-hydrogen) atoms. The van der Waals surface area contributed by atoms with Crippen LogP contribution < -0.4 is 9.47 Å². The first-order valence-corrected chi connectivity index (χ1v) is 9.07. The Labute approximate surface area is 140 Å². The summed E-state index contributed by atoms with van der Waals surface area (Å²) >= 11 is 1.96. The maximum absolute atomic E-state index is 5.75. The van der Waals surface area contributed by atoms with Crippen LogP contribution in [0.2, 0.25) is 0 Å². The molecule has 4 rings (SSSR count). The summed E-state index contributed by atoms with van der Waals surface area (Å²) in [5, 5.41) is 0.710. The molecular formula is C19H20O3S. The molecule has 2 aromatic carbocycles. The highest BCUT2D eigenvalue weighted by Crippen LogP contribution is 2.30. The van der Waals surface area contributed by atoms with Gasteiger partial charge in [0.05, 0.1) is 6.61 Å². The maximum Gasteiger partial charge on any atom is 0.119 e. The van der Waals surface area contributed by atoms with Gasteiger partial charge < -0.3 is 14.2 Å². The molecule has 2 unspecified atom stereocenters. The molecule has 2 aromatic rings. The minimum Gasteiger partial charge on any atom is -0.492 e. The van der Waals surface area contributed by atoms with Crippen LogP contribution in [0.3, 0.4) is 0 Å². The Bertz CT molecular complexity index is 573. The standard InChI is InChI=1S/C19H20O3S/c1-5-16(20-10-18-11-21-18)6-2-14(1)9-15-3-7-17(8-4-15)22-12-19-13-23-19/h1-8,18-19H,9-13H2. The molecule has 0 radical (unpaired) electrons. The van der Waals surface area contributed by atoms with Gasteiger partial charge in [0.15, 0.2) is 0 Å². The molecule has 0 spiro atoms. The van der Waals surface area contributed by atoms with Crippen LogP contribution in [0, 0.1) is 0 Å². The van der Waals surface area contributed by atoms with Gasteiger partial charge in [-0.3, -0.25) is 0 Å². The first-order chi connectivity index (χ1) is 11.3. The second kappa shape index (κ2) is 6.85. The summed E-state index contributed by atoms with van der Waals surface area (Å²) in [4.78, 5) is 0. The molecular weight excluding hydrogens is 308 g/mol. The van der Waals surface area contributed by atoms with Gasteiger partial charge in [-0.25, -0.2) is 0 Å². The van der Waals surface area contributed by atoms with Crippen molar-refractivity contribution in [2.75, 3.05) is 25.6 Å². The van der Waals surface area contributed by atoms with Crippen LogP contribution in [0.15, 0.2) is 48.5 Å². The molecule has 4 heteroatoms. The van der Waals surface area contributed by atoms with E-state index >= 15 is 0 Å². The van der Waals surface area contributed by atoms with Crippen molar-refractivity contribution in [3.05, 3.63) is 59.7 Å². The van der Waals surface area contributed by atoms with Crippen molar-refractivity contribution >= 4 is 11.8 Å². The molecule has 2 atom stereocenters. The molecule has 2 heterocycles. The Hall–Kier alpha value is -1.65. The van der Waals surface area contributed by atoms with E-state index in [1.165, 1.54) is 16.9 Å². The van der Waals surface area contributed by atoms with E-state index in [4.69, 9.17) is 14.2 Å². The van der Waals surface area contributed by atoms with Gasteiger partial charge in [0.25, 0.3) is 0 Å². The van der Waals surface area contributed by atoms with Gasteiger partial charge in [-0.2, -0.15) is 11.8 Å². The monoisotopic (exact) mass is 328 g/mol. The number of rotatable bonds is 8.